The van der Waals surface area contributed by atoms with Gasteiger partial charge in [0.15, 0.2) is 0 Å². The van der Waals surface area contributed by atoms with Crippen molar-refractivity contribution in [2.75, 3.05) is 0 Å². The van der Waals surface area contributed by atoms with Gasteiger partial charge >= 0.3 is 0 Å². The average Bonchev–Trinajstić information content (AvgIpc) is 2.92. The van der Waals surface area contributed by atoms with Crippen LogP contribution >= 0.6 is 22.6 Å². The molecule has 1 fully saturated rings. The standard InChI is InChI=1S/C13H17IO2/c1-13(2,3)16-10-6-7-11(14)12(8-10)15-9-4-5-9/h6-9H,4-5H2,1-3H3. The van der Waals surface area contributed by atoms with Gasteiger partial charge in [-0.05, 0) is 68.3 Å². The van der Waals surface area contributed by atoms with Crippen LogP contribution in [0.5, 0.6) is 11.5 Å². The Morgan fingerprint density at radius 3 is 2.50 bits per heavy atom. The van der Waals surface area contributed by atoms with Crippen molar-refractivity contribution in [1.29, 1.82) is 0 Å². The normalized spacial score (nSPS) is 16.0. The molecule has 3 heteroatoms. The van der Waals surface area contributed by atoms with Gasteiger partial charge < -0.3 is 9.47 Å². The lowest BCUT2D eigenvalue weighted by molar-refractivity contribution is 0.130. The highest BCUT2D eigenvalue weighted by Gasteiger charge is 2.24. The van der Waals surface area contributed by atoms with Crippen LogP contribution in [0.1, 0.15) is 33.6 Å². The minimum atomic E-state index is -0.163. The lowest BCUT2D eigenvalue weighted by atomic mass is 10.2. The van der Waals surface area contributed by atoms with E-state index in [1.807, 2.05) is 39.0 Å². The number of rotatable bonds is 3. The van der Waals surface area contributed by atoms with E-state index >= 15 is 0 Å². The highest BCUT2D eigenvalue weighted by atomic mass is 127. The summed E-state index contributed by atoms with van der Waals surface area (Å²) in [5.74, 6) is 1.83. The molecule has 0 aromatic heterocycles. The zero-order valence-electron chi connectivity index (χ0n) is 9.92. The molecular weight excluding hydrogens is 315 g/mol. The minimum Gasteiger partial charge on any atom is -0.489 e. The first-order valence-corrected chi connectivity index (χ1v) is 6.67. The zero-order valence-corrected chi connectivity index (χ0v) is 12.1. The van der Waals surface area contributed by atoms with Gasteiger partial charge in [-0.3, -0.25) is 0 Å². The first-order chi connectivity index (χ1) is 7.44. The Balaban J connectivity index is 2.14. The third-order valence-electron chi connectivity index (χ3n) is 2.14. The van der Waals surface area contributed by atoms with Gasteiger partial charge in [-0.1, -0.05) is 0 Å². The number of benzene rings is 1. The molecule has 0 atom stereocenters. The van der Waals surface area contributed by atoms with Gasteiger partial charge in [-0.25, -0.2) is 0 Å². The van der Waals surface area contributed by atoms with Gasteiger partial charge in [0, 0.05) is 6.07 Å². The molecular formula is C13H17IO2. The van der Waals surface area contributed by atoms with Crippen LogP contribution in [0.15, 0.2) is 18.2 Å². The maximum atomic E-state index is 5.82. The molecule has 0 radical (unpaired) electrons. The van der Waals surface area contributed by atoms with Crippen molar-refractivity contribution in [2.24, 2.45) is 0 Å². The Hall–Kier alpha value is -0.450. The van der Waals surface area contributed by atoms with E-state index in [-0.39, 0.29) is 5.60 Å². The van der Waals surface area contributed by atoms with Crippen molar-refractivity contribution in [3.63, 3.8) is 0 Å². The fraction of sp³-hybridized carbons (Fsp3) is 0.538. The van der Waals surface area contributed by atoms with Gasteiger partial charge in [0.2, 0.25) is 0 Å². The van der Waals surface area contributed by atoms with Crippen LogP contribution in [-0.2, 0) is 0 Å². The third-order valence-corrected chi connectivity index (χ3v) is 3.04. The summed E-state index contributed by atoms with van der Waals surface area (Å²) in [6, 6.07) is 6.03. The molecule has 0 saturated heterocycles. The minimum absolute atomic E-state index is 0.163. The first-order valence-electron chi connectivity index (χ1n) is 5.59. The molecule has 1 aliphatic rings. The summed E-state index contributed by atoms with van der Waals surface area (Å²) in [7, 11) is 0. The Kier molecular flexibility index (Phi) is 3.33. The number of halogens is 1. The van der Waals surface area contributed by atoms with Crippen LogP contribution in [-0.4, -0.2) is 11.7 Å². The van der Waals surface area contributed by atoms with E-state index < -0.39 is 0 Å². The summed E-state index contributed by atoms with van der Waals surface area (Å²) in [5, 5.41) is 0. The van der Waals surface area contributed by atoms with Gasteiger partial charge in [0.25, 0.3) is 0 Å². The van der Waals surface area contributed by atoms with E-state index in [9.17, 15) is 0 Å². The topological polar surface area (TPSA) is 18.5 Å². The van der Waals surface area contributed by atoms with E-state index in [1.54, 1.807) is 0 Å². The summed E-state index contributed by atoms with van der Waals surface area (Å²) in [6.07, 6.45) is 2.79. The summed E-state index contributed by atoms with van der Waals surface area (Å²) >= 11 is 2.29. The van der Waals surface area contributed by atoms with E-state index in [1.165, 1.54) is 12.8 Å². The molecule has 1 saturated carbocycles. The van der Waals surface area contributed by atoms with Crippen molar-refractivity contribution in [2.45, 2.75) is 45.3 Å². The molecule has 0 amide bonds. The fourth-order valence-electron chi connectivity index (χ4n) is 1.36. The molecule has 1 aromatic carbocycles. The van der Waals surface area contributed by atoms with Crippen molar-refractivity contribution >= 4 is 22.6 Å². The molecule has 0 aliphatic heterocycles. The summed E-state index contributed by atoms with van der Waals surface area (Å²) in [5.41, 5.74) is -0.163. The molecule has 88 valence electrons. The van der Waals surface area contributed by atoms with Crippen LogP contribution in [0.2, 0.25) is 0 Å². The SMILES string of the molecule is CC(C)(C)Oc1ccc(I)c(OC2CC2)c1. The monoisotopic (exact) mass is 332 g/mol. The maximum absolute atomic E-state index is 5.82. The molecule has 0 heterocycles. The average molecular weight is 332 g/mol. The van der Waals surface area contributed by atoms with Crippen molar-refractivity contribution < 1.29 is 9.47 Å². The molecule has 0 unspecified atom stereocenters. The van der Waals surface area contributed by atoms with Crippen LogP contribution in [0.3, 0.4) is 0 Å². The van der Waals surface area contributed by atoms with Crippen LogP contribution in [0, 0.1) is 3.57 Å². The number of hydrogen-bond donors (Lipinski definition) is 0. The predicted molar refractivity (Wildman–Crippen MR) is 73.2 cm³/mol. The van der Waals surface area contributed by atoms with Crippen LogP contribution in [0.25, 0.3) is 0 Å². The lowest BCUT2D eigenvalue weighted by Gasteiger charge is -2.21. The third kappa shape index (κ3) is 3.54. The van der Waals surface area contributed by atoms with E-state index in [2.05, 4.69) is 22.6 Å². The quantitative estimate of drug-likeness (QED) is 0.779. The number of ether oxygens (including phenoxy) is 2. The molecule has 0 spiro atoms. The Labute approximate surface area is 110 Å². The van der Waals surface area contributed by atoms with Gasteiger partial charge in [-0.2, -0.15) is 0 Å². The van der Waals surface area contributed by atoms with E-state index in [4.69, 9.17) is 9.47 Å². The van der Waals surface area contributed by atoms with Crippen molar-refractivity contribution in [3.8, 4) is 11.5 Å². The van der Waals surface area contributed by atoms with E-state index in [0.29, 0.717) is 6.10 Å². The Morgan fingerprint density at radius 2 is 1.94 bits per heavy atom. The second kappa shape index (κ2) is 4.43. The molecule has 16 heavy (non-hydrogen) atoms. The smallest absolute Gasteiger partial charge is 0.136 e. The highest BCUT2D eigenvalue weighted by molar-refractivity contribution is 14.1. The summed E-state index contributed by atoms with van der Waals surface area (Å²) < 4.78 is 12.8. The molecule has 2 nitrogen and oxygen atoms in total. The number of hydrogen-bond acceptors (Lipinski definition) is 2. The molecule has 0 bridgehead atoms. The fourth-order valence-corrected chi connectivity index (χ4v) is 1.82. The molecule has 2 rings (SSSR count). The van der Waals surface area contributed by atoms with Gasteiger partial charge in [0.05, 0.1) is 9.67 Å². The first kappa shape index (κ1) is 12.0. The van der Waals surface area contributed by atoms with Crippen LogP contribution in [0.4, 0.5) is 0 Å². The second-order valence-electron chi connectivity index (χ2n) is 5.12. The molecule has 1 aromatic rings. The lowest BCUT2D eigenvalue weighted by Crippen LogP contribution is -2.22. The van der Waals surface area contributed by atoms with Crippen molar-refractivity contribution in [3.05, 3.63) is 21.8 Å². The summed E-state index contributed by atoms with van der Waals surface area (Å²) in [6.45, 7) is 6.14. The summed E-state index contributed by atoms with van der Waals surface area (Å²) in [4.78, 5) is 0. The van der Waals surface area contributed by atoms with Gasteiger partial charge in [-0.15, -0.1) is 0 Å². The Bertz CT molecular complexity index is 378. The molecule has 0 N–H and O–H groups in total. The predicted octanol–water partition coefficient (Wildman–Crippen LogP) is 4.01. The maximum Gasteiger partial charge on any atom is 0.136 e. The van der Waals surface area contributed by atoms with Crippen molar-refractivity contribution in [1.82, 2.24) is 0 Å². The Morgan fingerprint density at radius 1 is 1.25 bits per heavy atom. The van der Waals surface area contributed by atoms with Crippen LogP contribution < -0.4 is 9.47 Å². The van der Waals surface area contributed by atoms with Gasteiger partial charge in [0.1, 0.15) is 17.1 Å². The zero-order chi connectivity index (χ0) is 11.8. The largest absolute Gasteiger partial charge is 0.489 e. The van der Waals surface area contributed by atoms with E-state index in [0.717, 1.165) is 15.1 Å². The second-order valence-corrected chi connectivity index (χ2v) is 6.29. The highest BCUT2D eigenvalue weighted by Crippen LogP contribution is 2.33. The molecule has 1 aliphatic carbocycles.